The fourth-order valence-corrected chi connectivity index (χ4v) is 3.96. The zero-order valence-corrected chi connectivity index (χ0v) is 21.4. The van der Waals surface area contributed by atoms with Gasteiger partial charge >= 0.3 is 0 Å². The SMILES string of the molecule is C/C(C=NNC(=O)[C@@H](NC(=O)c1ccccc1)c1n[nH]c(=O)c2ccccc12)=C\c1ccc(C(C)C)cc1. The molecule has 3 aromatic carbocycles. The molecule has 0 radical (unpaired) electrons. The van der Waals surface area contributed by atoms with Crippen molar-refractivity contribution in [1.29, 1.82) is 0 Å². The maximum absolute atomic E-state index is 13.3. The molecule has 192 valence electrons. The van der Waals surface area contributed by atoms with Crippen LogP contribution in [-0.2, 0) is 4.79 Å². The molecule has 0 bridgehead atoms. The van der Waals surface area contributed by atoms with Crippen LogP contribution in [0.25, 0.3) is 16.8 Å². The van der Waals surface area contributed by atoms with E-state index < -0.39 is 23.4 Å². The maximum Gasteiger partial charge on any atom is 0.272 e. The highest BCUT2D eigenvalue weighted by atomic mass is 16.2. The number of carbonyl (C=O) groups excluding carboxylic acids is 2. The van der Waals surface area contributed by atoms with Gasteiger partial charge in [-0.2, -0.15) is 10.2 Å². The molecule has 0 saturated carbocycles. The van der Waals surface area contributed by atoms with E-state index in [-0.39, 0.29) is 5.69 Å². The predicted molar refractivity (Wildman–Crippen MR) is 150 cm³/mol. The van der Waals surface area contributed by atoms with Gasteiger partial charge in [0.1, 0.15) is 5.69 Å². The zero-order valence-electron chi connectivity index (χ0n) is 21.4. The average molecular weight is 508 g/mol. The van der Waals surface area contributed by atoms with Gasteiger partial charge in [0.2, 0.25) is 0 Å². The summed E-state index contributed by atoms with van der Waals surface area (Å²) in [5.74, 6) is -0.618. The number of aromatic amines is 1. The molecule has 8 nitrogen and oxygen atoms in total. The van der Waals surface area contributed by atoms with Crippen LogP contribution in [0.4, 0.5) is 0 Å². The topological polar surface area (TPSA) is 116 Å². The Bertz CT molecular complexity index is 1550. The van der Waals surface area contributed by atoms with E-state index in [2.05, 4.69) is 52.0 Å². The Morgan fingerprint density at radius 2 is 1.58 bits per heavy atom. The van der Waals surface area contributed by atoms with Crippen LogP contribution in [0, 0.1) is 0 Å². The van der Waals surface area contributed by atoms with Crippen molar-refractivity contribution in [3.8, 4) is 0 Å². The molecular formula is C30H29N5O3. The smallest absolute Gasteiger partial charge is 0.272 e. The molecule has 4 aromatic rings. The first-order valence-corrected chi connectivity index (χ1v) is 12.3. The standard InChI is InChI=1S/C30H29N5O3/c1-19(2)22-15-13-21(14-16-22)17-20(3)18-31-34-30(38)27(32-28(36)23-9-5-4-6-10-23)26-24-11-7-8-12-25(24)29(37)35-33-26/h4-19,27H,1-3H3,(H,32,36)(H,34,38)(H,35,37)/b20-17+,31-18?/t27-/m0/s1. The number of hydrazone groups is 1. The summed E-state index contributed by atoms with van der Waals surface area (Å²) in [7, 11) is 0. The van der Waals surface area contributed by atoms with Crippen molar-refractivity contribution in [2.24, 2.45) is 5.10 Å². The Morgan fingerprint density at radius 1 is 0.921 bits per heavy atom. The second-order valence-corrected chi connectivity index (χ2v) is 9.20. The molecule has 0 saturated heterocycles. The molecule has 0 aliphatic heterocycles. The van der Waals surface area contributed by atoms with Crippen molar-refractivity contribution >= 4 is 34.9 Å². The molecule has 1 heterocycles. The fraction of sp³-hybridized carbons (Fsp3) is 0.167. The fourth-order valence-electron chi connectivity index (χ4n) is 3.96. The highest BCUT2D eigenvalue weighted by Gasteiger charge is 2.27. The van der Waals surface area contributed by atoms with Crippen molar-refractivity contribution in [3.05, 3.63) is 117 Å². The minimum absolute atomic E-state index is 0.203. The third kappa shape index (κ3) is 6.28. The molecule has 4 rings (SSSR count). The van der Waals surface area contributed by atoms with E-state index in [1.165, 1.54) is 11.8 Å². The Morgan fingerprint density at radius 3 is 2.26 bits per heavy atom. The number of rotatable bonds is 8. The van der Waals surface area contributed by atoms with Gasteiger partial charge in [-0.25, -0.2) is 10.5 Å². The van der Waals surface area contributed by atoms with Crippen molar-refractivity contribution in [2.45, 2.75) is 32.7 Å². The van der Waals surface area contributed by atoms with Gasteiger partial charge in [-0.3, -0.25) is 14.4 Å². The number of nitrogens with one attached hydrogen (secondary N) is 3. The molecule has 0 aliphatic carbocycles. The number of amides is 2. The summed E-state index contributed by atoms with van der Waals surface area (Å²) in [6, 6.07) is 22.3. The first-order chi connectivity index (χ1) is 18.3. The molecule has 1 aromatic heterocycles. The van der Waals surface area contributed by atoms with Crippen LogP contribution in [0.15, 0.2) is 94.3 Å². The molecule has 0 aliphatic rings. The molecule has 38 heavy (non-hydrogen) atoms. The molecule has 2 amide bonds. The summed E-state index contributed by atoms with van der Waals surface area (Å²) in [6.45, 7) is 6.16. The van der Waals surface area contributed by atoms with Gasteiger partial charge in [0, 0.05) is 10.9 Å². The molecule has 0 unspecified atom stereocenters. The third-order valence-corrected chi connectivity index (χ3v) is 6.01. The van der Waals surface area contributed by atoms with Gasteiger partial charge in [-0.15, -0.1) is 0 Å². The van der Waals surface area contributed by atoms with Gasteiger partial charge < -0.3 is 5.32 Å². The van der Waals surface area contributed by atoms with Gasteiger partial charge in [-0.1, -0.05) is 80.6 Å². The molecule has 0 spiro atoms. The Labute approximate surface area is 220 Å². The lowest BCUT2D eigenvalue weighted by Crippen LogP contribution is -2.40. The molecule has 8 heteroatoms. The average Bonchev–Trinajstić information content (AvgIpc) is 2.93. The van der Waals surface area contributed by atoms with E-state index in [0.29, 0.717) is 22.3 Å². The highest BCUT2D eigenvalue weighted by molar-refractivity contribution is 5.99. The number of allylic oxidation sites excluding steroid dienone is 1. The largest absolute Gasteiger partial charge is 0.335 e. The van der Waals surface area contributed by atoms with E-state index in [1.54, 1.807) is 54.6 Å². The monoisotopic (exact) mass is 507 g/mol. The quantitative estimate of drug-likeness (QED) is 0.236. The summed E-state index contributed by atoms with van der Waals surface area (Å²) in [6.07, 6.45) is 3.48. The Kier molecular flexibility index (Phi) is 8.23. The second kappa shape index (κ2) is 11.9. The normalized spacial score (nSPS) is 12.6. The number of carbonyl (C=O) groups is 2. The minimum atomic E-state index is -1.21. The van der Waals surface area contributed by atoms with Gasteiger partial charge in [0.15, 0.2) is 6.04 Å². The number of benzene rings is 3. The number of hydrogen-bond donors (Lipinski definition) is 3. The third-order valence-electron chi connectivity index (χ3n) is 6.01. The molecular weight excluding hydrogens is 478 g/mol. The lowest BCUT2D eigenvalue weighted by atomic mass is 10.0. The van der Waals surface area contributed by atoms with Crippen LogP contribution >= 0.6 is 0 Å². The van der Waals surface area contributed by atoms with Crippen LogP contribution in [0.2, 0.25) is 0 Å². The van der Waals surface area contributed by atoms with Crippen molar-refractivity contribution < 1.29 is 9.59 Å². The number of fused-ring (bicyclic) bond motifs is 1. The Balaban J connectivity index is 1.58. The number of hydrogen-bond acceptors (Lipinski definition) is 5. The number of nitrogens with zero attached hydrogens (tertiary/aromatic N) is 2. The molecule has 0 fully saturated rings. The minimum Gasteiger partial charge on any atom is -0.335 e. The van der Waals surface area contributed by atoms with E-state index in [1.807, 2.05) is 25.1 Å². The predicted octanol–water partition coefficient (Wildman–Crippen LogP) is 4.72. The lowest BCUT2D eigenvalue weighted by Gasteiger charge is -2.18. The lowest BCUT2D eigenvalue weighted by molar-refractivity contribution is -0.123. The van der Waals surface area contributed by atoms with E-state index in [0.717, 1.165) is 11.1 Å². The van der Waals surface area contributed by atoms with E-state index in [9.17, 15) is 14.4 Å². The number of H-pyrrole nitrogens is 1. The number of aromatic nitrogens is 2. The molecule has 3 N–H and O–H groups in total. The van der Waals surface area contributed by atoms with Crippen LogP contribution in [0.5, 0.6) is 0 Å². The summed E-state index contributed by atoms with van der Waals surface area (Å²) in [4.78, 5) is 38.5. The van der Waals surface area contributed by atoms with Crippen LogP contribution in [-0.4, -0.2) is 28.2 Å². The van der Waals surface area contributed by atoms with E-state index >= 15 is 0 Å². The van der Waals surface area contributed by atoms with Crippen LogP contribution in [0.1, 0.15) is 59.9 Å². The first-order valence-electron chi connectivity index (χ1n) is 12.3. The van der Waals surface area contributed by atoms with Crippen LogP contribution < -0.4 is 16.3 Å². The molecule has 1 atom stereocenters. The Hall–Kier alpha value is -4.85. The summed E-state index contributed by atoms with van der Waals surface area (Å²) in [5.41, 5.74) is 5.79. The van der Waals surface area contributed by atoms with Gasteiger partial charge in [0.25, 0.3) is 17.4 Å². The van der Waals surface area contributed by atoms with Crippen molar-refractivity contribution in [2.75, 3.05) is 0 Å². The second-order valence-electron chi connectivity index (χ2n) is 9.20. The van der Waals surface area contributed by atoms with Gasteiger partial charge in [-0.05, 0) is 47.7 Å². The highest BCUT2D eigenvalue weighted by Crippen LogP contribution is 2.21. The summed E-state index contributed by atoms with van der Waals surface area (Å²) < 4.78 is 0. The van der Waals surface area contributed by atoms with Crippen molar-refractivity contribution in [3.63, 3.8) is 0 Å². The van der Waals surface area contributed by atoms with Crippen molar-refractivity contribution in [1.82, 2.24) is 20.9 Å². The zero-order chi connectivity index (χ0) is 27.1. The van der Waals surface area contributed by atoms with E-state index in [4.69, 9.17) is 0 Å². The van der Waals surface area contributed by atoms with Gasteiger partial charge in [0.05, 0.1) is 11.6 Å². The summed E-state index contributed by atoms with van der Waals surface area (Å²) >= 11 is 0. The summed E-state index contributed by atoms with van der Waals surface area (Å²) in [5, 5.41) is 14.2. The van der Waals surface area contributed by atoms with Crippen LogP contribution in [0.3, 0.4) is 0 Å². The maximum atomic E-state index is 13.3. The first kappa shape index (κ1) is 26.2.